The number of hydrogen-bond donors (Lipinski definition) is 1. The van der Waals surface area contributed by atoms with Crippen LogP contribution in [-0.4, -0.2) is 11.3 Å². The molecule has 0 aromatic heterocycles. The molecule has 2 unspecified atom stereocenters. The standard InChI is InChI=1S/C13H18ClNS/c14-10-6-8-11(9-7-10)16-13-5-3-1-2-4-12(13)15/h6-9,12-13H,1-5,15H2. The third-order valence-corrected chi connectivity index (χ3v) is 4.79. The molecule has 0 bridgehead atoms. The molecule has 1 aromatic carbocycles. The Labute approximate surface area is 107 Å². The second-order valence-electron chi connectivity index (χ2n) is 4.41. The lowest BCUT2D eigenvalue weighted by atomic mass is 10.1. The van der Waals surface area contributed by atoms with Gasteiger partial charge in [0.2, 0.25) is 0 Å². The minimum atomic E-state index is 0.350. The van der Waals surface area contributed by atoms with Crippen molar-refractivity contribution in [3.63, 3.8) is 0 Å². The Balaban J connectivity index is 1.99. The first-order valence-corrected chi connectivity index (χ1v) is 7.19. The van der Waals surface area contributed by atoms with E-state index in [1.165, 1.54) is 37.0 Å². The van der Waals surface area contributed by atoms with Gasteiger partial charge in [0.05, 0.1) is 0 Å². The van der Waals surface area contributed by atoms with E-state index < -0.39 is 0 Å². The van der Waals surface area contributed by atoms with Crippen LogP contribution in [-0.2, 0) is 0 Å². The third-order valence-electron chi connectivity index (χ3n) is 3.10. The van der Waals surface area contributed by atoms with Crippen LogP contribution in [0.2, 0.25) is 5.02 Å². The van der Waals surface area contributed by atoms with E-state index >= 15 is 0 Å². The van der Waals surface area contributed by atoms with Crippen molar-refractivity contribution in [3.8, 4) is 0 Å². The van der Waals surface area contributed by atoms with Crippen LogP contribution in [0.15, 0.2) is 29.2 Å². The summed E-state index contributed by atoms with van der Waals surface area (Å²) in [6, 6.07) is 8.43. The van der Waals surface area contributed by atoms with Crippen molar-refractivity contribution in [2.75, 3.05) is 0 Å². The average molecular weight is 256 g/mol. The van der Waals surface area contributed by atoms with Gasteiger partial charge in [0.15, 0.2) is 0 Å². The monoisotopic (exact) mass is 255 g/mol. The van der Waals surface area contributed by atoms with Gasteiger partial charge in [-0.3, -0.25) is 0 Å². The molecule has 1 aliphatic rings. The zero-order valence-electron chi connectivity index (χ0n) is 9.36. The third kappa shape index (κ3) is 3.41. The molecule has 1 fully saturated rings. The summed E-state index contributed by atoms with van der Waals surface area (Å²) in [6.45, 7) is 0. The fourth-order valence-electron chi connectivity index (χ4n) is 2.14. The second-order valence-corrected chi connectivity index (χ2v) is 6.16. The zero-order valence-corrected chi connectivity index (χ0v) is 10.9. The van der Waals surface area contributed by atoms with Gasteiger partial charge < -0.3 is 5.73 Å². The minimum absolute atomic E-state index is 0.350. The zero-order chi connectivity index (χ0) is 11.4. The van der Waals surface area contributed by atoms with Crippen molar-refractivity contribution < 1.29 is 0 Å². The number of hydrogen-bond acceptors (Lipinski definition) is 2. The number of halogens is 1. The molecule has 2 rings (SSSR count). The Morgan fingerprint density at radius 1 is 1.06 bits per heavy atom. The maximum atomic E-state index is 6.21. The van der Waals surface area contributed by atoms with Crippen molar-refractivity contribution in [1.82, 2.24) is 0 Å². The molecule has 16 heavy (non-hydrogen) atoms. The topological polar surface area (TPSA) is 26.0 Å². The molecule has 0 saturated heterocycles. The summed E-state index contributed by atoms with van der Waals surface area (Å²) in [5, 5.41) is 1.37. The molecule has 0 spiro atoms. The molecule has 0 aliphatic heterocycles. The van der Waals surface area contributed by atoms with Crippen molar-refractivity contribution in [2.24, 2.45) is 5.73 Å². The van der Waals surface area contributed by atoms with Gasteiger partial charge in [0.25, 0.3) is 0 Å². The van der Waals surface area contributed by atoms with Gasteiger partial charge in [-0.1, -0.05) is 30.9 Å². The first kappa shape index (κ1) is 12.3. The smallest absolute Gasteiger partial charge is 0.0406 e. The lowest BCUT2D eigenvalue weighted by Crippen LogP contribution is -2.31. The van der Waals surface area contributed by atoms with Crippen LogP contribution in [0, 0.1) is 0 Å². The summed E-state index contributed by atoms with van der Waals surface area (Å²) < 4.78 is 0. The molecule has 0 amide bonds. The Hall–Kier alpha value is -0.180. The lowest BCUT2D eigenvalue weighted by molar-refractivity contribution is 0.596. The maximum absolute atomic E-state index is 6.21. The summed E-state index contributed by atoms with van der Waals surface area (Å²) in [7, 11) is 0. The molecule has 2 N–H and O–H groups in total. The largest absolute Gasteiger partial charge is 0.327 e. The normalized spacial score (nSPS) is 26.4. The van der Waals surface area contributed by atoms with E-state index in [1.807, 2.05) is 23.9 Å². The lowest BCUT2D eigenvalue weighted by Gasteiger charge is -2.20. The summed E-state index contributed by atoms with van der Waals surface area (Å²) in [5.41, 5.74) is 6.21. The summed E-state index contributed by atoms with van der Waals surface area (Å²) >= 11 is 7.79. The average Bonchev–Trinajstić information content (AvgIpc) is 2.48. The molecular weight excluding hydrogens is 238 g/mol. The molecule has 0 radical (unpaired) electrons. The molecule has 3 heteroatoms. The predicted octanol–water partition coefficient (Wildman–Crippen LogP) is 4.09. The van der Waals surface area contributed by atoms with Crippen LogP contribution in [0.4, 0.5) is 0 Å². The Morgan fingerprint density at radius 3 is 2.50 bits per heavy atom. The molecule has 2 atom stereocenters. The van der Waals surface area contributed by atoms with Crippen LogP contribution in [0.25, 0.3) is 0 Å². The SMILES string of the molecule is NC1CCCCCC1Sc1ccc(Cl)cc1. The minimum Gasteiger partial charge on any atom is -0.327 e. The highest BCUT2D eigenvalue weighted by Gasteiger charge is 2.21. The van der Waals surface area contributed by atoms with E-state index in [2.05, 4.69) is 12.1 Å². The Morgan fingerprint density at radius 2 is 1.75 bits per heavy atom. The first-order chi connectivity index (χ1) is 7.75. The summed E-state index contributed by atoms with van der Waals surface area (Å²) in [5.74, 6) is 0. The van der Waals surface area contributed by atoms with E-state index in [0.717, 1.165) is 5.02 Å². The van der Waals surface area contributed by atoms with Crippen molar-refractivity contribution in [2.45, 2.75) is 48.3 Å². The fraction of sp³-hybridized carbons (Fsp3) is 0.538. The van der Waals surface area contributed by atoms with Crippen LogP contribution in [0.3, 0.4) is 0 Å². The predicted molar refractivity (Wildman–Crippen MR) is 72.2 cm³/mol. The second kappa shape index (κ2) is 5.95. The Bertz CT molecular complexity index is 325. The number of nitrogens with two attached hydrogens (primary N) is 1. The Kier molecular flexibility index (Phi) is 4.56. The van der Waals surface area contributed by atoms with Gasteiger partial charge in [-0.05, 0) is 37.1 Å². The van der Waals surface area contributed by atoms with Gasteiger partial charge in [-0.15, -0.1) is 11.8 Å². The molecule has 1 nitrogen and oxygen atoms in total. The van der Waals surface area contributed by atoms with E-state index in [0.29, 0.717) is 11.3 Å². The van der Waals surface area contributed by atoms with Crippen molar-refractivity contribution in [1.29, 1.82) is 0 Å². The number of rotatable bonds is 2. The van der Waals surface area contributed by atoms with Gasteiger partial charge in [0, 0.05) is 21.2 Å². The number of thioether (sulfide) groups is 1. The van der Waals surface area contributed by atoms with Gasteiger partial charge in [-0.2, -0.15) is 0 Å². The van der Waals surface area contributed by atoms with Crippen molar-refractivity contribution >= 4 is 23.4 Å². The molecular formula is C13H18ClNS. The fourth-order valence-corrected chi connectivity index (χ4v) is 3.50. The van der Waals surface area contributed by atoms with E-state index in [1.54, 1.807) is 0 Å². The van der Waals surface area contributed by atoms with Crippen LogP contribution >= 0.6 is 23.4 Å². The van der Waals surface area contributed by atoms with Crippen LogP contribution in [0.1, 0.15) is 32.1 Å². The highest BCUT2D eigenvalue weighted by molar-refractivity contribution is 8.00. The van der Waals surface area contributed by atoms with Crippen molar-refractivity contribution in [3.05, 3.63) is 29.3 Å². The van der Waals surface area contributed by atoms with E-state index in [4.69, 9.17) is 17.3 Å². The molecule has 1 saturated carbocycles. The molecule has 1 aliphatic carbocycles. The van der Waals surface area contributed by atoms with Gasteiger partial charge in [-0.25, -0.2) is 0 Å². The maximum Gasteiger partial charge on any atom is 0.0406 e. The highest BCUT2D eigenvalue weighted by atomic mass is 35.5. The van der Waals surface area contributed by atoms with Crippen LogP contribution < -0.4 is 5.73 Å². The van der Waals surface area contributed by atoms with E-state index in [9.17, 15) is 0 Å². The first-order valence-electron chi connectivity index (χ1n) is 5.93. The number of benzene rings is 1. The highest BCUT2D eigenvalue weighted by Crippen LogP contribution is 2.32. The molecule has 0 heterocycles. The van der Waals surface area contributed by atoms with Crippen LogP contribution in [0.5, 0.6) is 0 Å². The molecule has 88 valence electrons. The quantitative estimate of drug-likeness (QED) is 0.806. The molecule has 1 aromatic rings. The van der Waals surface area contributed by atoms with E-state index in [-0.39, 0.29) is 0 Å². The summed E-state index contributed by atoms with van der Waals surface area (Å²) in [6.07, 6.45) is 6.36. The summed E-state index contributed by atoms with van der Waals surface area (Å²) in [4.78, 5) is 1.28. The van der Waals surface area contributed by atoms with Gasteiger partial charge in [0.1, 0.15) is 0 Å². The van der Waals surface area contributed by atoms with Gasteiger partial charge >= 0.3 is 0 Å².